The number of carbonyl (C=O) groups excluding carboxylic acids is 1. The number of nitrogens with zero attached hydrogens (tertiary/aromatic N) is 2. The Kier molecular flexibility index (Phi) is 8.39. The Morgan fingerprint density at radius 3 is 2.42 bits per heavy atom. The number of rotatable bonds is 8. The molecule has 0 N–H and O–H groups in total. The van der Waals surface area contributed by atoms with Crippen LogP contribution in [0, 0.1) is 13.8 Å². The van der Waals surface area contributed by atoms with Crippen molar-refractivity contribution in [3.05, 3.63) is 92.8 Å². The van der Waals surface area contributed by atoms with Crippen LogP contribution in [0.1, 0.15) is 36.1 Å². The number of carbonyl (C=O) groups is 1. The zero-order valence-electron chi connectivity index (χ0n) is 20.9. The lowest BCUT2D eigenvalue weighted by Gasteiger charge is -2.14. The topological polar surface area (TPSA) is 51.1 Å². The van der Waals surface area contributed by atoms with E-state index >= 15 is 0 Å². The molecule has 1 aliphatic heterocycles. The number of hydrogen-bond donors (Lipinski definition) is 0. The van der Waals surface area contributed by atoms with Crippen molar-refractivity contribution < 1.29 is 14.3 Å². The number of benzene rings is 3. The molecule has 0 radical (unpaired) electrons. The van der Waals surface area contributed by atoms with Gasteiger partial charge in [0, 0.05) is 17.1 Å². The highest BCUT2D eigenvalue weighted by molar-refractivity contribution is 8.18. The van der Waals surface area contributed by atoms with Gasteiger partial charge in [-0.05, 0) is 80.4 Å². The van der Waals surface area contributed by atoms with Crippen LogP contribution in [0.15, 0.2) is 70.6 Å². The Hall–Kier alpha value is -3.22. The number of amidine groups is 1. The molecule has 1 aliphatic rings. The summed E-state index contributed by atoms with van der Waals surface area (Å²) < 4.78 is 11.9. The molecule has 1 amide bonds. The normalized spacial score (nSPS) is 15.7. The lowest BCUT2D eigenvalue weighted by molar-refractivity contribution is -0.122. The van der Waals surface area contributed by atoms with E-state index in [0.29, 0.717) is 46.4 Å². The van der Waals surface area contributed by atoms with Gasteiger partial charge >= 0.3 is 0 Å². The molecule has 0 atom stereocenters. The molecular weight excluding hydrogens is 492 g/mol. The lowest BCUT2D eigenvalue weighted by Crippen LogP contribution is -2.28. The molecule has 1 heterocycles. The van der Waals surface area contributed by atoms with Crippen LogP contribution in [0.4, 0.5) is 5.69 Å². The smallest absolute Gasteiger partial charge is 0.266 e. The molecule has 3 aromatic rings. The van der Waals surface area contributed by atoms with Gasteiger partial charge in [-0.15, -0.1) is 0 Å². The summed E-state index contributed by atoms with van der Waals surface area (Å²) in [5.41, 5.74) is 4.82. The van der Waals surface area contributed by atoms with Crippen molar-refractivity contribution in [1.82, 2.24) is 4.90 Å². The van der Waals surface area contributed by atoms with Gasteiger partial charge in [-0.25, -0.2) is 4.99 Å². The summed E-state index contributed by atoms with van der Waals surface area (Å²) in [6.45, 7) is 9.32. The number of aliphatic imine (C=N–C) groups is 1. The standard InChI is InChI=1S/C29H29ClN2O3S/c1-5-32-28(33)26(36-29(32)31-27-19(3)10-9-11-20(27)4)17-21-14-15-24(25(16-21)34-6-2)35-18-22-12-7-8-13-23(22)30/h7-17H,5-6,18H2,1-4H3/b26-17+,31-29?. The molecule has 7 heteroatoms. The molecule has 36 heavy (non-hydrogen) atoms. The average molecular weight is 521 g/mol. The third kappa shape index (κ3) is 5.77. The highest BCUT2D eigenvalue weighted by Crippen LogP contribution is 2.37. The molecule has 3 aromatic carbocycles. The Balaban J connectivity index is 1.60. The van der Waals surface area contributed by atoms with Crippen molar-refractivity contribution in [1.29, 1.82) is 0 Å². The predicted octanol–water partition coefficient (Wildman–Crippen LogP) is 7.56. The fourth-order valence-corrected chi connectivity index (χ4v) is 5.11. The van der Waals surface area contributed by atoms with E-state index in [4.69, 9.17) is 26.1 Å². The van der Waals surface area contributed by atoms with Gasteiger partial charge in [-0.2, -0.15) is 0 Å². The maximum atomic E-state index is 13.2. The minimum absolute atomic E-state index is 0.0514. The first-order chi connectivity index (χ1) is 17.4. The van der Waals surface area contributed by atoms with Crippen molar-refractivity contribution in [2.24, 2.45) is 4.99 Å². The lowest BCUT2D eigenvalue weighted by atomic mass is 10.1. The van der Waals surface area contributed by atoms with Gasteiger partial charge in [0.2, 0.25) is 0 Å². The summed E-state index contributed by atoms with van der Waals surface area (Å²) in [5, 5.41) is 1.35. The first-order valence-electron chi connectivity index (χ1n) is 11.9. The summed E-state index contributed by atoms with van der Waals surface area (Å²) >= 11 is 7.65. The fourth-order valence-electron chi connectivity index (χ4n) is 3.87. The van der Waals surface area contributed by atoms with Crippen molar-refractivity contribution in [2.75, 3.05) is 13.2 Å². The molecule has 0 aromatic heterocycles. The molecule has 186 valence electrons. The maximum absolute atomic E-state index is 13.2. The molecule has 0 saturated carbocycles. The molecule has 0 spiro atoms. The molecule has 0 aliphatic carbocycles. The van der Waals surface area contributed by atoms with Gasteiger partial charge in [-0.3, -0.25) is 9.69 Å². The van der Waals surface area contributed by atoms with Gasteiger partial charge in [-0.1, -0.05) is 54.1 Å². The van der Waals surface area contributed by atoms with E-state index in [1.807, 2.05) is 94.4 Å². The highest BCUT2D eigenvalue weighted by Gasteiger charge is 2.32. The van der Waals surface area contributed by atoms with Crippen LogP contribution < -0.4 is 9.47 Å². The predicted molar refractivity (Wildman–Crippen MR) is 149 cm³/mol. The van der Waals surface area contributed by atoms with Crippen molar-refractivity contribution in [2.45, 2.75) is 34.3 Å². The van der Waals surface area contributed by atoms with E-state index in [1.54, 1.807) is 4.90 Å². The third-order valence-electron chi connectivity index (χ3n) is 5.76. The summed E-state index contributed by atoms with van der Waals surface area (Å²) in [6, 6.07) is 19.3. The van der Waals surface area contributed by atoms with Crippen molar-refractivity contribution in [3.8, 4) is 11.5 Å². The number of likely N-dealkylation sites (N-methyl/N-ethyl adjacent to an activating group) is 1. The Morgan fingerprint density at radius 2 is 1.72 bits per heavy atom. The molecule has 0 bridgehead atoms. The fraction of sp³-hybridized carbons (Fsp3) is 0.241. The van der Waals surface area contributed by atoms with Crippen LogP contribution in [0.5, 0.6) is 11.5 Å². The van der Waals surface area contributed by atoms with Gasteiger partial charge in [0.25, 0.3) is 5.91 Å². The second kappa shape index (κ2) is 11.7. The Bertz CT molecular complexity index is 1320. The minimum atomic E-state index is -0.0514. The zero-order chi connectivity index (χ0) is 25.7. The monoisotopic (exact) mass is 520 g/mol. The Morgan fingerprint density at radius 1 is 0.972 bits per heavy atom. The highest BCUT2D eigenvalue weighted by atomic mass is 35.5. The number of hydrogen-bond acceptors (Lipinski definition) is 5. The average Bonchev–Trinajstić information content (AvgIpc) is 3.15. The van der Waals surface area contributed by atoms with Gasteiger partial charge in [0.1, 0.15) is 6.61 Å². The first-order valence-corrected chi connectivity index (χ1v) is 13.1. The largest absolute Gasteiger partial charge is 0.490 e. The summed E-state index contributed by atoms with van der Waals surface area (Å²) in [6.07, 6.45) is 1.88. The van der Waals surface area contributed by atoms with E-state index in [2.05, 4.69) is 0 Å². The van der Waals surface area contributed by atoms with Gasteiger partial charge < -0.3 is 9.47 Å². The summed E-state index contributed by atoms with van der Waals surface area (Å²) in [5.74, 6) is 1.19. The first kappa shape index (κ1) is 25.9. The maximum Gasteiger partial charge on any atom is 0.266 e. The quantitative estimate of drug-likeness (QED) is 0.287. The van der Waals surface area contributed by atoms with Crippen LogP contribution in [0.25, 0.3) is 6.08 Å². The number of para-hydroxylation sites is 1. The minimum Gasteiger partial charge on any atom is -0.490 e. The van der Waals surface area contributed by atoms with E-state index in [0.717, 1.165) is 27.9 Å². The summed E-state index contributed by atoms with van der Waals surface area (Å²) in [7, 11) is 0. The Labute approximate surface area is 221 Å². The van der Waals surface area contributed by atoms with Crippen molar-refractivity contribution in [3.63, 3.8) is 0 Å². The van der Waals surface area contributed by atoms with E-state index in [1.165, 1.54) is 11.8 Å². The molecule has 5 nitrogen and oxygen atoms in total. The molecular formula is C29H29ClN2O3S. The van der Waals surface area contributed by atoms with E-state index in [-0.39, 0.29) is 5.91 Å². The SMILES string of the molecule is CCOc1cc(/C=C2/SC(=Nc3c(C)cccc3C)N(CC)C2=O)ccc1OCc1ccccc1Cl. The van der Waals surface area contributed by atoms with Crippen LogP contribution >= 0.6 is 23.4 Å². The second-order valence-corrected chi connectivity index (χ2v) is 9.73. The van der Waals surface area contributed by atoms with Crippen LogP contribution in [0.2, 0.25) is 5.02 Å². The summed E-state index contributed by atoms with van der Waals surface area (Å²) in [4.78, 5) is 20.4. The van der Waals surface area contributed by atoms with Crippen LogP contribution in [-0.4, -0.2) is 29.1 Å². The number of aryl methyl sites for hydroxylation is 2. The van der Waals surface area contributed by atoms with Crippen LogP contribution in [0.3, 0.4) is 0 Å². The van der Waals surface area contributed by atoms with Crippen LogP contribution in [-0.2, 0) is 11.4 Å². The van der Waals surface area contributed by atoms with E-state index < -0.39 is 0 Å². The molecule has 1 saturated heterocycles. The second-order valence-electron chi connectivity index (χ2n) is 8.31. The number of ether oxygens (including phenoxy) is 2. The van der Waals surface area contributed by atoms with Gasteiger partial charge in [0.05, 0.1) is 17.2 Å². The number of thioether (sulfide) groups is 1. The third-order valence-corrected chi connectivity index (χ3v) is 7.13. The van der Waals surface area contributed by atoms with Crippen molar-refractivity contribution >= 4 is 46.2 Å². The molecule has 1 fully saturated rings. The number of halogens is 1. The number of amides is 1. The van der Waals surface area contributed by atoms with E-state index in [9.17, 15) is 4.79 Å². The van der Waals surface area contributed by atoms with Gasteiger partial charge in [0.15, 0.2) is 16.7 Å². The zero-order valence-corrected chi connectivity index (χ0v) is 22.4. The molecule has 4 rings (SSSR count). The molecule has 0 unspecified atom stereocenters.